The predicted molar refractivity (Wildman–Crippen MR) is 116 cm³/mol. The maximum absolute atomic E-state index is 13.7. The first-order valence-corrected chi connectivity index (χ1v) is 10.2. The third-order valence-corrected chi connectivity index (χ3v) is 6.51. The minimum atomic E-state index is -1.69. The molecule has 162 valence electrons. The average Bonchev–Trinajstić information content (AvgIpc) is 2.82. The lowest BCUT2D eigenvalue weighted by molar-refractivity contribution is -0.159. The molecule has 0 N–H and O–H groups in total. The van der Waals surface area contributed by atoms with Gasteiger partial charge in [0.25, 0.3) is 5.56 Å². The van der Waals surface area contributed by atoms with Crippen molar-refractivity contribution < 1.29 is 14.4 Å². The number of pyridine rings is 1. The Morgan fingerprint density at radius 1 is 0.875 bits per heavy atom. The Morgan fingerprint density at radius 3 is 2.16 bits per heavy atom. The zero-order valence-corrected chi connectivity index (χ0v) is 17.8. The summed E-state index contributed by atoms with van der Waals surface area (Å²) in [7, 11) is 4.44. The van der Waals surface area contributed by atoms with E-state index in [1.807, 2.05) is 30.3 Å². The Labute approximate surface area is 183 Å². The summed E-state index contributed by atoms with van der Waals surface area (Å²) in [4.78, 5) is 61.6. The number of hydrogen-bond acceptors (Lipinski definition) is 6. The van der Waals surface area contributed by atoms with Crippen LogP contribution >= 0.6 is 0 Å². The fourth-order valence-corrected chi connectivity index (χ4v) is 5.01. The van der Waals surface area contributed by atoms with Crippen LogP contribution in [0.5, 0.6) is 0 Å². The Bertz CT molecular complexity index is 1330. The molecule has 2 aliphatic rings. The van der Waals surface area contributed by atoms with Gasteiger partial charge in [-0.1, -0.05) is 36.4 Å². The molecule has 0 radical (unpaired) electrons. The van der Waals surface area contributed by atoms with Gasteiger partial charge in [0.1, 0.15) is 11.5 Å². The Kier molecular flexibility index (Phi) is 4.20. The number of benzene rings is 1. The van der Waals surface area contributed by atoms with Gasteiger partial charge in [0, 0.05) is 33.8 Å². The van der Waals surface area contributed by atoms with Gasteiger partial charge in [-0.25, -0.2) is 9.78 Å². The van der Waals surface area contributed by atoms with Gasteiger partial charge >= 0.3 is 6.03 Å². The van der Waals surface area contributed by atoms with Gasteiger partial charge in [-0.15, -0.1) is 0 Å². The number of anilines is 1. The van der Waals surface area contributed by atoms with Gasteiger partial charge < -0.3 is 4.90 Å². The second-order valence-electron chi connectivity index (χ2n) is 8.23. The van der Waals surface area contributed by atoms with Gasteiger partial charge in [0.2, 0.25) is 11.8 Å². The van der Waals surface area contributed by atoms with E-state index in [9.17, 15) is 19.2 Å². The molecule has 0 aliphatic carbocycles. The van der Waals surface area contributed by atoms with Crippen LogP contribution < -0.4 is 10.5 Å². The zero-order chi connectivity index (χ0) is 22.8. The number of barbiturate groups is 1. The van der Waals surface area contributed by atoms with Crippen LogP contribution in [0.4, 0.5) is 10.6 Å². The second-order valence-corrected chi connectivity index (χ2v) is 8.23. The summed E-state index contributed by atoms with van der Waals surface area (Å²) in [6, 6.07) is 12.9. The number of amides is 4. The van der Waals surface area contributed by atoms with Crippen LogP contribution in [-0.2, 0) is 16.0 Å². The van der Waals surface area contributed by atoms with Crippen LogP contribution in [0.2, 0.25) is 0 Å². The number of nitrogens with zero attached hydrogens (tertiary/aromatic N) is 5. The van der Waals surface area contributed by atoms with Crippen LogP contribution in [0, 0.1) is 5.41 Å². The van der Waals surface area contributed by atoms with Crippen LogP contribution in [0.25, 0.3) is 5.65 Å². The first-order valence-electron chi connectivity index (χ1n) is 10.2. The quantitative estimate of drug-likeness (QED) is 0.542. The maximum atomic E-state index is 13.7. The first kappa shape index (κ1) is 19.9. The van der Waals surface area contributed by atoms with Crippen molar-refractivity contribution in [1.29, 1.82) is 0 Å². The molecule has 5 rings (SSSR count). The van der Waals surface area contributed by atoms with E-state index in [4.69, 9.17) is 0 Å². The van der Waals surface area contributed by atoms with Crippen molar-refractivity contribution in [3.63, 3.8) is 0 Å². The van der Waals surface area contributed by atoms with E-state index in [2.05, 4.69) is 4.98 Å². The lowest BCUT2D eigenvalue weighted by Gasteiger charge is -2.51. The number of carbonyl (C=O) groups excluding carboxylic acids is 3. The number of fused-ring (bicyclic) bond motifs is 2. The lowest BCUT2D eigenvalue weighted by atomic mass is 9.67. The maximum Gasteiger partial charge on any atom is 0.332 e. The summed E-state index contributed by atoms with van der Waals surface area (Å²) >= 11 is 0. The first-order chi connectivity index (χ1) is 15.3. The van der Waals surface area contributed by atoms with Crippen molar-refractivity contribution in [3.8, 4) is 0 Å². The highest BCUT2D eigenvalue weighted by Gasteiger charge is 2.63. The second kappa shape index (κ2) is 6.74. The molecule has 32 heavy (non-hydrogen) atoms. The summed E-state index contributed by atoms with van der Waals surface area (Å²) in [6.45, 7) is 0. The number of urea groups is 1. The molecule has 1 atom stereocenters. The van der Waals surface area contributed by atoms with Crippen molar-refractivity contribution in [3.05, 3.63) is 76.2 Å². The highest BCUT2D eigenvalue weighted by atomic mass is 16.2. The molecule has 1 aromatic carbocycles. The van der Waals surface area contributed by atoms with Crippen molar-refractivity contribution in [2.24, 2.45) is 5.41 Å². The number of carbonyl (C=O) groups is 3. The standard InChI is InChI=1S/C23H21N5O4/c1-25-17(14-9-5-4-6-10-14)23(20(30)26(2)22(32)27(3)21(23)31)13-15-18(25)24-16-11-7-8-12-28(16)19(15)29/h4-12,17H,13H2,1-3H3/t17-/m0/s1. The zero-order valence-electron chi connectivity index (χ0n) is 17.8. The molecule has 4 amide bonds. The molecule has 9 heteroatoms. The van der Waals surface area contributed by atoms with Crippen molar-refractivity contribution in [2.45, 2.75) is 12.5 Å². The topological polar surface area (TPSA) is 95.3 Å². The highest BCUT2D eigenvalue weighted by Crippen LogP contribution is 2.50. The fraction of sp³-hybridized carbons (Fsp3) is 0.261. The lowest BCUT2D eigenvalue weighted by Crippen LogP contribution is -2.68. The van der Waals surface area contributed by atoms with E-state index >= 15 is 0 Å². The molecule has 9 nitrogen and oxygen atoms in total. The molecule has 1 saturated heterocycles. The minimum absolute atomic E-state index is 0.157. The van der Waals surface area contributed by atoms with Gasteiger partial charge in [-0.05, 0) is 17.7 Å². The van der Waals surface area contributed by atoms with Crippen molar-refractivity contribution in [2.75, 3.05) is 26.0 Å². The van der Waals surface area contributed by atoms with Gasteiger partial charge in [0.05, 0.1) is 11.6 Å². The molecule has 3 aromatic rings. The normalized spacial score (nSPS) is 20.3. The molecular weight excluding hydrogens is 410 g/mol. The monoisotopic (exact) mass is 431 g/mol. The molecule has 2 aromatic heterocycles. The van der Waals surface area contributed by atoms with Gasteiger partial charge in [0.15, 0.2) is 5.41 Å². The summed E-state index contributed by atoms with van der Waals surface area (Å²) in [5.41, 5.74) is -0.581. The predicted octanol–water partition coefficient (Wildman–Crippen LogP) is 1.46. The summed E-state index contributed by atoms with van der Waals surface area (Å²) in [5.74, 6) is -0.840. The number of hydrogen-bond donors (Lipinski definition) is 0. The molecule has 0 unspecified atom stereocenters. The Balaban J connectivity index is 1.85. The van der Waals surface area contributed by atoms with Gasteiger partial charge in [-0.3, -0.25) is 28.6 Å². The molecular formula is C23H21N5O4. The smallest absolute Gasteiger partial charge is 0.332 e. The van der Waals surface area contributed by atoms with Crippen molar-refractivity contribution >= 4 is 29.3 Å². The molecule has 0 saturated carbocycles. The molecule has 1 spiro atoms. The third-order valence-electron chi connectivity index (χ3n) is 6.51. The molecule has 1 fully saturated rings. The number of aromatic nitrogens is 2. The minimum Gasteiger partial charge on any atom is -0.351 e. The average molecular weight is 431 g/mol. The summed E-state index contributed by atoms with van der Waals surface area (Å²) < 4.78 is 1.40. The third kappa shape index (κ3) is 2.41. The van der Waals surface area contributed by atoms with Crippen LogP contribution in [0.1, 0.15) is 17.2 Å². The number of imide groups is 2. The van der Waals surface area contributed by atoms with Crippen molar-refractivity contribution in [1.82, 2.24) is 19.2 Å². The summed E-state index contributed by atoms with van der Waals surface area (Å²) in [6.07, 6.45) is 1.45. The SMILES string of the molecule is CN1C(=O)N(C)C(=O)C2(Cc3c(nc4ccccn4c3=O)N(C)[C@H]2c2ccccc2)C1=O. The Hall–Kier alpha value is -4.01. The van der Waals surface area contributed by atoms with Crippen LogP contribution in [-0.4, -0.2) is 58.2 Å². The number of rotatable bonds is 1. The fourth-order valence-electron chi connectivity index (χ4n) is 5.01. The highest BCUT2D eigenvalue weighted by molar-refractivity contribution is 6.20. The summed E-state index contributed by atoms with van der Waals surface area (Å²) in [5, 5.41) is 0. The van der Waals surface area contributed by atoms with E-state index in [0.717, 1.165) is 9.80 Å². The molecule has 4 heterocycles. The van der Waals surface area contributed by atoms with E-state index < -0.39 is 29.3 Å². The molecule has 0 bridgehead atoms. The van der Waals surface area contributed by atoms with E-state index in [-0.39, 0.29) is 17.5 Å². The molecule has 2 aliphatic heterocycles. The largest absolute Gasteiger partial charge is 0.351 e. The van der Waals surface area contributed by atoms with Crippen LogP contribution in [0.15, 0.2) is 59.5 Å². The van der Waals surface area contributed by atoms with E-state index in [1.165, 1.54) is 18.5 Å². The Morgan fingerprint density at radius 2 is 1.50 bits per heavy atom. The van der Waals surface area contributed by atoms with Crippen LogP contribution in [0.3, 0.4) is 0 Å². The van der Waals surface area contributed by atoms with E-state index in [1.54, 1.807) is 36.3 Å². The van der Waals surface area contributed by atoms with E-state index in [0.29, 0.717) is 17.0 Å². The van der Waals surface area contributed by atoms with Gasteiger partial charge in [-0.2, -0.15) is 0 Å².